The molecule has 0 saturated heterocycles. The molecule has 0 bridgehead atoms. The van der Waals surface area contributed by atoms with Crippen LogP contribution in [-0.4, -0.2) is 16.0 Å². The molecule has 0 aliphatic rings. The molecule has 1 aromatic heterocycles. The van der Waals surface area contributed by atoms with E-state index in [0.29, 0.717) is 23.4 Å². The Morgan fingerprint density at radius 2 is 2.11 bits per heavy atom. The van der Waals surface area contributed by atoms with Gasteiger partial charge >= 0.3 is 0 Å². The van der Waals surface area contributed by atoms with Gasteiger partial charge in [-0.2, -0.15) is 0 Å². The highest BCUT2D eigenvalue weighted by atomic mass is 127. The SMILES string of the molecule is CCCCC(=O)NC(=S)Nc1ccc2oc(-c3cc(I)ccc3Br)nc2c1. The number of rotatable bonds is 5. The zero-order chi connectivity index (χ0) is 19.4. The number of oxazole rings is 1. The van der Waals surface area contributed by atoms with Crippen LogP contribution in [0, 0.1) is 3.57 Å². The molecule has 0 fully saturated rings. The van der Waals surface area contributed by atoms with E-state index in [9.17, 15) is 4.79 Å². The number of benzene rings is 2. The van der Waals surface area contributed by atoms with Crippen LogP contribution in [0.2, 0.25) is 0 Å². The van der Waals surface area contributed by atoms with Crippen molar-refractivity contribution >= 4 is 78.5 Å². The number of hydrogen-bond acceptors (Lipinski definition) is 4. The van der Waals surface area contributed by atoms with E-state index in [0.717, 1.165) is 32.1 Å². The summed E-state index contributed by atoms with van der Waals surface area (Å²) in [4.78, 5) is 16.3. The van der Waals surface area contributed by atoms with Crippen molar-refractivity contribution in [2.75, 3.05) is 5.32 Å². The number of carbonyl (C=O) groups excluding carboxylic acids is 1. The zero-order valence-corrected chi connectivity index (χ0v) is 19.1. The maximum Gasteiger partial charge on any atom is 0.228 e. The molecule has 8 heteroatoms. The quantitative estimate of drug-likeness (QED) is 0.303. The highest BCUT2D eigenvalue weighted by Gasteiger charge is 2.13. The lowest BCUT2D eigenvalue weighted by Crippen LogP contribution is -2.33. The first-order chi connectivity index (χ1) is 13.0. The lowest BCUT2D eigenvalue weighted by atomic mass is 10.2. The number of nitrogens with one attached hydrogen (secondary N) is 2. The van der Waals surface area contributed by atoms with Gasteiger partial charge in [-0.15, -0.1) is 0 Å². The maximum absolute atomic E-state index is 11.8. The monoisotopic (exact) mass is 557 g/mol. The van der Waals surface area contributed by atoms with Crippen LogP contribution in [0.15, 0.2) is 45.3 Å². The zero-order valence-electron chi connectivity index (χ0n) is 14.5. The lowest BCUT2D eigenvalue weighted by molar-refractivity contribution is -0.119. The second-order valence-electron chi connectivity index (χ2n) is 5.93. The van der Waals surface area contributed by atoms with Crippen molar-refractivity contribution in [3.05, 3.63) is 44.4 Å². The smallest absolute Gasteiger partial charge is 0.228 e. The second-order valence-corrected chi connectivity index (χ2v) is 8.44. The fourth-order valence-corrected chi connectivity index (χ4v) is 3.61. The third kappa shape index (κ3) is 5.26. The highest BCUT2D eigenvalue weighted by molar-refractivity contribution is 14.1. The van der Waals surface area contributed by atoms with Gasteiger partial charge in [-0.05, 0) is 93.6 Å². The lowest BCUT2D eigenvalue weighted by Gasteiger charge is -2.09. The first-order valence-corrected chi connectivity index (χ1v) is 10.7. The number of halogens is 2. The third-order valence-electron chi connectivity index (χ3n) is 3.81. The van der Waals surface area contributed by atoms with Gasteiger partial charge in [0.05, 0.1) is 5.56 Å². The van der Waals surface area contributed by atoms with E-state index in [1.165, 1.54) is 0 Å². The molecule has 0 unspecified atom stereocenters. The summed E-state index contributed by atoms with van der Waals surface area (Å²) in [6.07, 6.45) is 2.28. The average Bonchev–Trinajstić information content (AvgIpc) is 3.05. The van der Waals surface area contributed by atoms with Gasteiger partial charge in [0.25, 0.3) is 0 Å². The topological polar surface area (TPSA) is 67.2 Å². The van der Waals surface area contributed by atoms with Crippen LogP contribution in [0.3, 0.4) is 0 Å². The van der Waals surface area contributed by atoms with Crippen molar-refractivity contribution in [3.8, 4) is 11.5 Å². The molecule has 2 aromatic carbocycles. The van der Waals surface area contributed by atoms with E-state index in [1.807, 2.05) is 43.3 Å². The summed E-state index contributed by atoms with van der Waals surface area (Å²) < 4.78 is 7.90. The first kappa shape index (κ1) is 20.2. The number of carbonyl (C=O) groups is 1. The first-order valence-electron chi connectivity index (χ1n) is 8.43. The van der Waals surface area contributed by atoms with Crippen LogP contribution >= 0.6 is 50.7 Å². The van der Waals surface area contributed by atoms with Gasteiger partial charge in [-0.1, -0.05) is 13.3 Å². The van der Waals surface area contributed by atoms with Gasteiger partial charge in [-0.25, -0.2) is 4.98 Å². The van der Waals surface area contributed by atoms with E-state index in [2.05, 4.69) is 54.1 Å². The van der Waals surface area contributed by atoms with Crippen molar-refractivity contribution < 1.29 is 9.21 Å². The summed E-state index contributed by atoms with van der Waals surface area (Å²) in [6.45, 7) is 2.04. The Morgan fingerprint density at radius 3 is 2.89 bits per heavy atom. The molecule has 0 spiro atoms. The van der Waals surface area contributed by atoms with Gasteiger partial charge in [0.15, 0.2) is 10.7 Å². The van der Waals surface area contributed by atoms with Crippen molar-refractivity contribution in [2.24, 2.45) is 0 Å². The van der Waals surface area contributed by atoms with E-state index in [1.54, 1.807) is 0 Å². The number of thiocarbonyl (C=S) groups is 1. The number of aromatic nitrogens is 1. The molecule has 3 aromatic rings. The standard InChI is InChI=1S/C19H17BrIN3O2S/c1-2-3-4-17(25)24-19(27)22-12-6-8-16-15(10-12)23-18(26-16)13-9-11(21)5-7-14(13)20/h5-10H,2-4H2,1H3,(H2,22,24,25,27). The van der Waals surface area contributed by atoms with Gasteiger partial charge in [0.2, 0.25) is 11.8 Å². The Kier molecular flexibility index (Phi) is 6.83. The van der Waals surface area contributed by atoms with Crippen LogP contribution in [0.25, 0.3) is 22.6 Å². The molecule has 140 valence electrons. The van der Waals surface area contributed by atoms with Crippen molar-refractivity contribution in [1.82, 2.24) is 10.3 Å². The predicted molar refractivity (Wildman–Crippen MR) is 124 cm³/mol. The highest BCUT2D eigenvalue weighted by Crippen LogP contribution is 2.32. The summed E-state index contributed by atoms with van der Waals surface area (Å²) in [6, 6.07) is 11.5. The molecule has 0 saturated carbocycles. The number of fused-ring (bicyclic) bond motifs is 1. The van der Waals surface area contributed by atoms with Crippen molar-refractivity contribution in [1.29, 1.82) is 0 Å². The molecule has 3 rings (SSSR count). The molecule has 2 N–H and O–H groups in total. The normalized spacial score (nSPS) is 10.8. The predicted octanol–water partition coefficient (Wildman–Crippen LogP) is 5.87. The molecule has 0 radical (unpaired) electrons. The molecule has 1 amide bonds. The Morgan fingerprint density at radius 1 is 1.30 bits per heavy atom. The summed E-state index contributed by atoms with van der Waals surface area (Å²) >= 11 is 11.0. The van der Waals surface area contributed by atoms with Crippen LogP contribution < -0.4 is 10.6 Å². The number of amides is 1. The maximum atomic E-state index is 11.8. The van der Waals surface area contributed by atoms with E-state index >= 15 is 0 Å². The summed E-state index contributed by atoms with van der Waals surface area (Å²) in [5, 5.41) is 5.98. The van der Waals surface area contributed by atoms with Crippen molar-refractivity contribution in [3.63, 3.8) is 0 Å². The molecule has 27 heavy (non-hydrogen) atoms. The molecular weight excluding hydrogens is 541 g/mol. The van der Waals surface area contributed by atoms with E-state index in [4.69, 9.17) is 16.6 Å². The fourth-order valence-electron chi connectivity index (χ4n) is 2.47. The van der Waals surface area contributed by atoms with Crippen LogP contribution in [0.1, 0.15) is 26.2 Å². The minimum Gasteiger partial charge on any atom is -0.436 e. The Balaban J connectivity index is 1.77. The summed E-state index contributed by atoms with van der Waals surface area (Å²) in [5.41, 5.74) is 3.02. The van der Waals surface area contributed by atoms with E-state index < -0.39 is 0 Å². The van der Waals surface area contributed by atoms with Crippen LogP contribution in [0.5, 0.6) is 0 Å². The molecule has 0 aliphatic heterocycles. The Bertz CT molecular complexity index is 1010. The van der Waals surface area contributed by atoms with Crippen LogP contribution in [0.4, 0.5) is 5.69 Å². The third-order valence-corrected chi connectivity index (χ3v) is 5.38. The van der Waals surface area contributed by atoms with Gasteiger partial charge in [0, 0.05) is 20.2 Å². The average molecular weight is 558 g/mol. The fraction of sp³-hybridized carbons (Fsp3) is 0.211. The second kappa shape index (κ2) is 9.11. The molecule has 5 nitrogen and oxygen atoms in total. The Labute approximate surface area is 184 Å². The van der Waals surface area contributed by atoms with Gasteiger partial charge in [0.1, 0.15) is 5.52 Å². The molecule has 0 atom stereocenters. The number of anilines is 1. The number of unbranched alkanes of at least 4 members (excludes halogenated alkanes) is 1. The van der Waals surface area contributed by atoms with Gasteiger partial charge in [-0.3, -0.25) is 4.79 Å². The van der Waals surface area contributed by atoms with Crippen LogP contribution in [-0.2, 0) is 4.79 Å². The van der Waals surface area contributed by atoms with E-state index in [-0.39, 0.29) is 11.0 Å². The number of nitrogens with zero attached hydrogens (tertiary/aromatic N) is 1. The minimum atomic E-state index is -0.0809. The molecule has 0 aliphatic carbocycles. The van der Waals surface area contributed by atoms with Crippen molar-refractivity contribution in [2.45, 2.75) is 26.2 Å². The molecule has 1 heterocycles. The number of hydrogen-bond donors (Lipinski definition) is 2. The summed E-state index contributed by atoms with van der Waals surface area (Å²) in [7, 11) is 0. The van der Waals surface area contributed by atoms with Gasteiger partial charge < -0.3 is 15.1 Å². The largest absolute Gasteiger partial charge is 0.436 e. The Hall–Kier alpha value is -1.52. The molecular formula is C19H17BrIN3O2S. The minimum absolute atomic E-state index is 0.0809. The summed E-state index contributed by atoms with van der Waals surface area (Å²) in [5.74, 6) is 0.464.